The van der Waals surface area contributed by atoms with Crippen molar-refractivity contribution in [3.63, 3.8) is 0 Å². The van der Waals surface area contributed by atoms with Crippen molar-refractivity contribution in [2.24, 2.45) is 5.92 Å². The molecule has 148 valence electrons. The van der Waals surface area contributed by atoms with E-state index in [0.29, 0.717) is 13.1 Å². The van der Waals surface area contributed by atoms with E-state index in [1.807, 2.05) is 35.0 Å². The van der Waals surface area contributed by atoms with Crippen LogP contribution in [0.25, 0.3) is 0 Å². The van der Waals surface area contributed by atoms with Crippen molar-refractivity contribution >= 4 is 17.5 Å². The number of rotatable bonds is 6. The fourth-order valence-corrected chi connectivity index (χ4v) is 3.55. The van der Waals surface area contributed by atoms with Gasteiger partial charge < -0.3 is 14.8 Å². The van der Waals surface area contributed by atoms with Gasteiger partial charge in [0, 0.05) is 38.4 Å². The van der Waals surface area contributed by atoms with Crippen molar-refractivity contribution in [1.29, 1.82) is 0 Å². The van der Waals surface area contributed by atoms with Gasteiger partial charge in [-0.25, -0.2) is 9.37 Å². The third-order valence-corrected chi connectivity index (χ3v) is 5.02. The molecule has 1 aromatic heterocycles. The number of imidazole rings is 1. The summed E-state index contributed by atoms with van der Waals surface area (Å²) < 4.78 is 16.0. The fraction of sp³-hybridized carbons (Fsp3) is 0.227. The minimum absolute atomic E-state index is 0.0842. The zero-order valence-corrected chi connectivity index (χ0v) is 15.8. The number of halogens is 1. The lowest BCUT2D eigenvalue weighted by atomic mass is 10.1. The van der Waals surface area contributed by atoms with Crippen LogP contribution in [0.15, 0.2) is 67.3 Å². The van der Waals surface area contributed by atoms with Crippen molar-refractivity contribution < 1.29 is 14.0 Å². The Morgan fingerprint density at radius 1 is 1.17 bits per heavy atom. The standard InChI is InChI=1S/C22H21FN4O2/c23-19-6-1-2-7-20(19)27-14-18(11-21(27)28)22(29)25-12-16-4-3-5-17(10-16)13-26-9-8-24-15-26/h1-10,15,18H,11-14H2,(H,25,29). The number of hydrogen-bond acceptors (Lipinski definition) is 3. The van der Waals surface area contributed by atoms with Crippen LogP contribution >= 0.6 is 0 Å². The Balaban J connectivity index is 1.35. The average molecular weight is 392 g/mol. The van der Waals surface area contributed by atoms with Crippen LogP contribution in [0.1, 0.15) is 17.5 Å². The van der Waals surface area contributed by atoms with Gasteiger partial charge in [-0.15, -0.1) is 0 Å². The van der Waals surface area contributed by atoms with Crippen molar-refractivity contribution in [1.82, 2.24) is 14.9 Å². The summed E-state index contributed by atoms with van der Waals surface area (Å²) in [7, 11) is 0. The minimum Gasteiger partial charge on any atom is -0.352 e. The summed E-state index contributed by atoms with van der Waals surface area (Å²) in [6.07, 6.45) is 5.47. The third kappa shape index (κ3) is 4.34. The highest BCUT2D eigenvalue weighted by molar-refractivity contribution is 6.00. The minimum atomic E-state index is -0.490. The van der Waals surface area contributed by atoms with Crippen LogP contribution < -0.4 is 10.2 Å². The molecule has 4 rings (SSSR count). The maximum Gasteiger partial charge on any atom is 0.227 e. The molecule has 0 spiro atoms. The van der Waals surface area contributed by atoms with Crippen molar-refractivity contribution in [3.8, 4) is 0 Å². The Morgan fingerprint density at radius 3 is 2.79 bits per heavy atom. The molecule has 0 saturated carbocycles. The molecule has 0 aliphatic carbocycles. The highest BCUT2D eigenvalue weighted by Crippen LogP contribution is 2.27. The summed E-state index contributed by atoms with van der Waals surface area (Å²) in [5.41, 5.74) is 2.31. The molecule has 2 aromatic carbocycles. The van der Waals surface area contributed by atoms with Crippen LogP contribution in [0.5, 0.6) is 0 Å². The number of hydrogen-bond donors (Lipinski definition) is 1. The van der Waals surface area contributed by atoms with Crippen LogP contribution in [0, 0.1) is 11.7 Å². The molecule has 1 aliphatic rings. The topological polar surface area (TPSA) is 67.2 Å². The molecule has 7 heteroatoms. The zero-order chi connectivity index (χ0) is 20.2. The summed E-state index contributed by atoms with van der Waals surface area (Å²) in [6, 6.07) is 14.1. The van der Waals surface area contributed by atoms with Gasteiger partial charge in [0.1, 0.15) is 5.82 Å². The Morgan fingerprint density at radius 2 is 2.00 bits per heavy atom. The van der Waals surface area contributed by atoms with E-state index >= 15 is 0 Å². The summed E-state index contributed by atoms with van der Waals surface area (Å²) >= 11 is 0. The molecule has 6 nitrogen and oxygen atoms in total. The monoisotopic (exact) mass is 392 g/mol. The maximum atomic E-state index is 14.0. The van der Waals surface area contributed by atoms with Crippen LogP contribution in [-0.2, 0) is 22.7 Å². The third-order valence-electron chi connectivity index (χ3n) is 5.02. The number of benzene rings is 2. The summed E-state index contributed by atoms with van der Waals surface area (Å²) in [4.78, 5) is 30.2. The molecule has 1 N–H and O–H groups in total. The van der Waals surface area contributed by atoms with Gasteiger partial charge in [0.2, 0.25) is 11.8 Å². The Kier molecular flexibility index (Phi) is 5.37. The maximum absolute atomic E-state index is 14.0. The van der Waals surface area contributed by atoms with Crippen molar-refractivity contribution in [3.05, 3.63) is 84.2 Å². The first-order valence-corrected chi connectivity index (χ1v) is 9.46. The molecule has 0 radical (unpaired) electrons. The summed E-state index contributed by atoms with van der Waals surface area (Å²) in [5.74, 6) is -1.39. The number of aromatic nitrogens is 2. The number of anilines is 1. The molecular formula is C22H21FN4O2. The van der Waals surface area contributed by atoms with Crippen LogP contribution in [-0.4, -0.2) is 27.9 Å². The lowest BCUT2D eigenvalue weighted by Crippen LogP contribution is -2.32. The number of nitrogens with zero attached hydrogens (tertiary/aromatic N) is 3. The summed E-state index contributed by atoms with van der Waals surface area (Å²) in [6.45, 7) is 1.27. The van der Waals surface area contributed by atoms with E-state index in [-0.39, 0.29) is 30.5 Å². The Hall–Kier alpha value is -3.48. The molecule has 1 saturated heterocycles. The van der Waals surface area contributed by atoms with E-state index in [0.717, 1.165) is 11.1 Å². The van der Waals surface area contributed by atoms with Gasteiger partial charge in [0.05, 0.1) is 17.9 Å². The molecule has 0 bridgehead atoms. The van der Waals surface area contributed by atoms with E-state index in [1.54, 1.807) is 30.7 Å². The van der Waals surface area contributed by atoms with E-state index in [2.05, 4.69) is 10.3 Å². The lowest BCUT2D eigenvalue weighted by Gasteiger charge is -2.17. The molecule has 1 unspecified atom stereocenters. The van der Waals surface area contributed by atoms with Gasteiger partial charge in [-0.2, -0.15) is 0 Å². The predicted octanol–water partition coefficient (Wildman–Crippen LogP) is 2.74. The smallest absolute Gasteiger partial charge is 0.227 e. The molecule has 2 amide bonds. The molecular weight excluding hydrogens is 371 g/mol. The molecule has 1 atom stereocenters. The first-order chi connectivity index (χ1) is 14.1. The van der Waals surface area contributed by atoms with Crippen LogP contribution in [0.2, 0.25) is 0 Å². The quantitative estimate of drug-likeness (QED) is 0.701. The average Bonchev–Trinajstić information content (AvgIpc) is 3.36. The predicted molar refractivity (Wildman–Crippen MR) is 106 cm³/mol. The van der Waals surface area contributed by atoms with Gasteiger partial charge in [-0.1, -0.05) is 36.4 Å². The molecule has 29 heavy (non-hydrogen) atoms. The normalized spacial score (nSPS) is 16.2. The number of carbonyl (C=O) groups is 2. The van der Waals surface area contributed by atoms with E-state index in [9.17, 15) is 14.0 Å². The summed E-state index contributed by atoms with van der Waals surface area (Å²) in [5, 5.41) is 2.90. The largest absolute Gasteiger partial charge is 0.352 e. The first kappa shape index (κ1) is 18.9. The second-order valence-corrected chi connectivity index (χ2v) is 7.13. The van der Waals surface area contributed by atoms with E-state index in [4.69, 9.17) is 0 Å². The second-order valence-electron chi connectivity index (χ2n) is 7.13. The highest BCUT2D eigenvalue weighted by atomic mass is 19.1. The number of para-hydroxylation sites is 1. The van der Waals surface area contributed by atoms with Gasteiger partial charge in [-0.05, 0) is 23.3 Å². The van der Waals surface area contributed by atoms with Crippen LogP contribution in [0.4, 0.5) is 10.1 Å². The fourth-order valence-electron chi connectivity index (χ4n) is 3.55. The number of nitrogens with one attached hydrogen (secondary N) is 1. The number of amides is 2. The molecule has 1 fully saturated rings. The molecule has 2 heterocycles. The van der Waals surface area contributed by atoms with Crippen molar-refractivity contribution in [2.75, 3.05) is 11.4 Å². The second kappa shape index (κ2) is 8.26. The van der Waals surface area contributed by atoms with Gasteiger partial charge in [0.15, 0.2) is 0 Å². The Bertz CT molecular complexity index is 1020. The van der Waals surface area contributed by atoms with Gasteiger partial charge in [0.25, 0.3) is 0 Å². The molecule has 1 aliphatic heterocycles. The first-order valence-electron chi connectivity index (χ1n) is 9.46. The van der Waals surface area contributed by atoms with Crippen molar-refractivity contribution in [2.45, 2.75) is 19.5 Å². The SMILES string of the molecule is O=C(NCc1cccc(Cn2ccnc2)c1)C1CC(=O)N(c2ccccc2F)C1. The van der Waals surface area contributed by atoms with E-state index in [1.165, 1.54) is 11.0 Å². The van der Waals surface area contributed by atoms with Gasteiger partial charge >= 0.3 is 0 Å². The highest BCUT2D eigenvalue weighted by Gasteiger charge is 2.35. The van der Waals surface area contributed by atoms with Gasteiger partial charge in [-0.3, -0.25) is 9.59 Å². The van der Waals surface area contributed by atoms with Crippen LogP contribution in [0.3, 0.4) is 0 Å². The number of carbonyl (C=O) groups excluding carboxylic acids is 2. The molecule has 3 aromatic rings. The lowest BCUT2D eigenvalue weighted by molar-refractivity contribution is -0.126. The Labute approximate surface area is 168 Å². The van der Waals surface area contributed by atoms with E-state index < -0.39 is 11.7 Å². The zero-order valence-electron chi connectivity index (χ0n) is 15.8.